The molecule has 6 aromatic carbocycles. The van der Waals surface area contributed by atoms with E-state index in [0.29, 0.717) is 0 Å². The van der Waals surface area contributed by atoms with Crippen molar-refractivity contribution in [2.75, 3.05) is 4.90 Å². The first kappa shape index (κ1) is 26.9. The Hall–Kier alpha value is -5.32. The monoisotopic (exact) mass is 618 g/mol. The van der Waals surface area contributed by atoms with Gasteiger partial charge in [-0.05, 0) is 66.2 Å². The fourth-order valence-corrected chi connectivity index (χ4v) is 9.76. The number of hydrogen-bond donors (Lipinski definition) is 0. The van der Waals surface area contributed by atoms with Gasteiger partial charge in [-0.3, -0.25) is 0 Å². The van der Waals surface area contributed by atoms with Crippen LogP contribution < -0.4 is 15.1 Å². The van der Waals surface area contributed by atoms with Gasteiger partial charge >= 0.3 is 6.85 Å². The maximum Gasteiger partial charge on any atom is 0.343 e. The number of benzene rings is 6. The van der Waals surface area contributed by atoms with Crippen LogP contribution in [0, 0.1) is 20.8 Å². The van der Waals surface area contributed by atoms with Crippen LogP contribution in [0.25, 0.3) is 54.5 Å². The molecule has 0 saturated carbocycles. The number of aryl methyl sites for hydroxylation is 3. The third-order valence-corrected chi connectivity index (χ3v) is 11.6. The minimum absolute atomic E-state index is 0.0265. The second-order valence-corrected chi connectivity index (χ2v) is 14.1. The number of para-hydroxylation sites is 2. The summed E-state index contributed by atoms with van der Waals surface area (Å²) < 4.78 is 5.44. The Balaban J connectivity index is 1.42. The van der Waals surface area contributed by atoms with Crippen molar-refractivity contribution >= 4 is 66.5 Å². The zero-order valence-corrected chi connectivity index (χ0v) is 27.4. The van der Waals surface area contributed by atoms with Crippen LogP contribution in [0.5, 0.6) is 0 Å². The van der Waals surface area contributed by atoms with Gasteiger partial charge in [0.15, 0.2) is 0 Å². The van der Waals surface area contributed by atoms with E-state index in [1.54, 1.807) is 0 Å². The van der Waals surface area contributed by atoms with Crippen molar-refractivity contribution in [2.45, 2.75) is 20.8 Å². The summed E-state index contributed by atoms with van der Waals surface area (Å²) in [5, 5.41) is 2.62. The van der Waals surface area contributed by atoms with Gasteiger partial charge in [0.1, 0.15) is 0 Å². The van der Waals surface area contributed by atoms with Crippen molar-refractivity contribution in [3.05, 3.63) is 150 Å². The molecule has 4 heteroatoms. The van der Waals surface area contributed by atoms with Crippen LogP contribution >= 0.6 is 11.3 Å². The highest BCUT2D eigenvalue weighted by Crippen LogP contribution is 2.51. The van der Waals surface area contributed by atoms with Gasteiger partial charge in [-0.25, -0.2) is 0 Å². The molecule has 0 bridgehead atoms. The number of anilines is 3. The lowest BCUT2D eigenvalue weighted by Gasteiger charge is -2.40. The minimum atomic E-state index is 0.0265. The predicted molar refractivity (Wildman–Crippen MR) is 203 cm³/mol. The van der Waals surface area contributed by atoms with Crippen LogP contribution in [0.4, 0.5) is 17.1 Å². The SMILES string of the molecule is Cc1ccccc1-c1c(-c2ccccc2)c2cccc3c2n1B1c2sc4ccccc4c2N(c2c(C)cccc2C)c2cccc-3c21. The van der Waals surface area contributed by atoms with E-state index in [0.717, 1.165) is 0 Å². The van der Waals surface area contributed by atoms with E-state index in [-0.39, 0.29) is 6.85 Å². The van der Waals surface area contributed by atoms with Gasteiger partial charge in [-0.2, -0.15) is 0 Å². The lowest BCUT2D eigenvalue weighted by Crippen LogP contribution is -2.55. The lowest BCUT2D eigenvalue weighted by molar-refractivity contribution is 1.21. The van der Waals surface area contributed by atoms with Crippen LogP contribution in [-0.4, -0.2) is 11.3 Å². The molecule has 0 saturated heterocycles. The van der Waals surface area contributed by atoms with E-state index in [1.165, 1.54) is 98.5 Å². The average molecular weight is 619 g/mol. The summed E-state index contributed by atoms with van der Waals surface area (Å²) >= 11 is 1.96. The Labute approximate surface area is 279 Å². The summed E-state index contributed by atoms with van der Waals surface area (Å²) in [4.78, 5) is 2.59. The molecule has 222 valence electrons. The summed E-state index contributed by atoms with van der Waals surface area (Å²) in [6.07, 6.45) is 0. The van der Waals surface area contributed by atoms with Gasteiger partial charge in [-0.15, -0.1) is 11.3 Å². The van der Waals surface area contributed by atoms with Crippen molar-refractivity contribution in [2.24, 2.45) is 0 Å². The van der Waals surface area contributed by atoms with Crippen LogP contribution in [0.1, 0.15) is 16.7 Å². The molecule has 8 aromatic rings. The fourth-order valence-electron chi connectivity index (χ4n) is 8.47. The standard InChI is InChI=1S/C43H31BN2S/c1-26-14-7-8-19-30(26)41-37(29-17-5-4-6-18-29)34-23-12-22-32-31-21-13-24-35-38(31)44(46(41)40(32)34)43-42(33-20-9-10-25-36(33)47-43)45(35)39-27(2)15-11-16-28(39)3/h4-25H,1-3H3. The Morgan fingerprint density at radius 3 is 2.00 bits per heavy atom. The summed E-state index contributed by atoms with van der Waals surface area (Å²) in [7, 11) is 0. The van der Waals surface area contributed by atoms with Crippen LogP contribution in [-0.2, 0) is 0 Å². The molecule has 0 atom stereocenters. The molecule has 0 radical (unpaired) electrons. The summed E-state index contributed by atoms with van der Waals surface area (Å²) in [6, 6.07) is 49.5. The maximum atomic E-state index is 2.72. The molecular weight excluding hydrogens is 587 g/mol. The highest BCUT2D eigenvalue weighted by molar-refractivity contribution is 7.31. The summed E-state index contributed by atoms with van der Waals surface area (Å²) in [6.45, 7) is 6.79. The highest BCUT2D eigenvalue weighted by atomic mass is 32.1. The maximum absolute atomic E-state index is 2.72. The molecule has 2 nitrogen and oxygen atoms in total. The van der Waals surface area contributed by atoms with Gasteiger partial charge in [0.05, 0.1) is 11.4 Å². The zero-order valence-electron chi connectivity index (χ0n) is 26.6. The van der Waals surface area contributed by atoms with Crippen molar-refractivity contribution in [1.82, 2.24) is 4.48 Å². The Morgan fingerprint density at radius 2 is 1.17 bits per heavy atom. The minimum Gasteiger partial charge on any atom is -0.374 e. The number of thiophene rings is 1. The smallest absolute Gasteiger partial charge is 0.343 e. The number of fused-ring (bicyclic) bond motifs is 6. The van der Waals surface area contributed by atoms with Gasteiger partial charge in [0.2, 0.25) is 0 Å². The van der Waals surface area contributed by atoms with E-state index < -0.39 is 0 Å². The molecule has 2 aliphatic heterocycles. The molecule has 0 amide bonds. The van der Waals surface area contributed by atoms with Crippen molar-refractivity contribution in [1.29, 1.82) is 0 Å². The zero-order chi connectivity index (χ0) is 31.4. The topological polar surface area (TPSA) is 8.17 Å². The average Bonchev–Trinajstić information content (AvgIpc) is 3.65. The molecule has 2 aliphatic rings. The van der Waals surface area contributed by atoms with Crippen molar-refractivity contribution in [3.63, 3.8) is 0 Å². The quantitative estimate of drug-likeness (QED) is 0.179. The summed E-state index contributed by atoms with van der Waals surface area (Å²) in [5.74, 6) is 0. The Morgan fingerprint density at radius 1 is 0.532 bits per heavy atom. The second-order valence-electron chi connectivity index (χ2n) is 13.0. The largest absolute Gasteiger partial charge is 0.374 e. The van der Waals surface area contributed by atoms with Crippen molar-refractivity contribution < 1.29 is 0 Å². The lowest BCUT2D eigenvalue weighted by atomic mass is 9.48. The predicted octanol–water partition coefficient (Wildman–Crippen LogP) is 10.5. The molecule has 0 spiro atoms. The van der Waals surface area contributed by atoms with E-state index in [2.05, 4.69) is 164 Å². The van der Waals surface area contributed by atoms with E-state index in [4.69, 9.17) is 0 Å². The van der Waals surface area contributed by atoms with E-state index >= 15 is 0 Å². The normalized spacial score (nSPS) is 12.9. The molecule has 10 rings (SSSR count). The fraction of sp³-hybridized carbons (Fsp3) is 0.0698. The molecule has 0 fully saturated rings. The molecular formula is C43H31BN2S. The van der Waals surface area contributed by atoms with Gasteiger partial charge < -0.3 is 9.38 Å². The molecule has 0 unspecified atom stereocenters. The molecule has 47 heavy (non-hydrogen) atoms. The highest BCUT2D eigenvalue weighted by Gasteiger charge is 2.46. The van der Waals surface area contributed by atoms with Gasteiger partial charge in [0, 0.05) is 53.8 Å². The summed E-state index contributed by atoms with van der Waals surface area (Å²) in [5.41, 5.74) is 18.2. The molecule has 4 heterocycles. The first-order valence-electron chi connectivity index (χ1n) is 16.4. The second kappa shape index (κ2) is 9.84. The first-order chi connectivity index (χ1) is 23.1. The van der Waals surface area contributed by atoms with Gasteiger partial charge in [-0.1, -0.05) is 121 Å². The molecule has 0 N–H and O–H groups in total. The molecule has 2 aromatic heterocycles. The number of nitrogens with zero attached hydrogens (tertiary/aromatic N) is 2. The van der Waals surface area contributed by atoms with Crippen LogP contribution in [0.15, 0.2) is 133 Å². The number of aromatic nitrogens is 1. The van der Waals surface area contributed by atoms with Gasteiger partial charge in [0.25, 0.3) is 0 Å². The first-order valence-corrected chi connectivity index (χ1v) is 17.2. The number of hydrogen-bond acceptors (Lipinski definition) is 2. The van der Waals surface area contributed by atoms with Crippen LogP contribution in [0.3, 0.4) is 0 Å². The van der Waals surface area contributed by atoms with E-state index in [9.17, 15) is 0 Å². The third-order valence-electron chi connectivity index (χ3n) is 10.4. The van der Waals surface area contributed by atoms with E-state index in [1.807, 2.05) is 11.3 Å². The Kier molecular flexibility index (Phi) is 5.62. The third kappa shape index (κ3) is 3.57. The number of rotatable bonds is 3. The molecule has 0 aliphatic carbocycles. The van der Waals surface area contributed by atoms with Crippen molar-refractivity contribution in [3.8, 4) is 33.5 Å². The Bertz CT molecular complexity index is 2550. The van der Waals surface area contributed by atoms with Crippen LogP contribution in [0.2, 0.25) is 0 Å².